The molecule has 3 aromatic rings. The highest BCUT2D eigenvalue weighted by Crippen LogP contribution is 2.39. The van der Waals surface area contributed by atoms with Gasteiger partial charge in [-0.2, -0.15) is 0 Å². The summed E-state index contributed by atoms with van der Waals surface area (Å²) in [5.74, 6) is 1.85. The van der Waals surface area contributed by atoms with Crippen molar-refractivity contribution in [3.8, 4) is 17.4 Å². The number of nitrogens with one attached hydrogen (secondary N) is 1. The van der Waals surface area contributed by atoms with E-state index in [1.165, 1.54) is 0 Å². The van der Waals surface area contributed by atoms with Crippen LogP contribution in [0.3, 0.4) is 0 Å². The van der Waals surface area contributed by atoms with Gasteiger partial charge in [0, 0.05) is 30.1 Å². The van der Waals surface area contributed by atoms with E-state index in [-0.39, 0.29) is 5.91 Å². The van der Waals surface area contributed by atoms with Gasteiger partial charge in [-0.05, 0) is 43.7 Å². The minimum atomic E-state index is -0.0657. The molecule has 1 aromatic carbocycles. The average molecular weight is 443 g/mol. The molecule has 0 saturated heterocycles. The number of methoxy groups -OCH3 is 1. The van der Waals surface area contributed by atoms with Crippen molar-refractivity contribution in [1.29, 1.82) is 0 Å². The first-order chi connectivity index (χ1) is 14.9. The quantitative estimate of drug-likeness (QED) is 0.583. The van der Waals surface area contributed by atoms with Gasteiger partial charge in [0.25, 0.3) is 0 Å². The third-order valence-corrected chi connectivity index (χ3v) is 6.23. The Bertz CT molecular complexity index is 1160. The van der Waals surface area contributed by atoms with E-state index in [9.17, 15) is 4.79 Å². The summed E-state index contributed by atoms with van der Waals surface area (Å²) in [5, 5.41) is 8.30. The minimum absolute atomic E-state index is 0.0657. The summed E-state index contributed by atoms with van der Waals surface area (Å²) in [5.41, 5.74) is 4.50. The van der Waals surface area contributed by atoms with Crippen LogP contribution in [0.5, 0.6) is 17.4 Å². The Morgan fingerprint density at radius 2 is 1.97 bits per heavy atom. The monoisotopic (exact) mass is 442 g/mol. The van der Waals surface area contributed by atoms with Crippen molar-refractivity contribution in [2.75, 3.05) is 31.9 Å². The Hall–Kier alpha value is -2.94. The van der Waals surface area contributed by atoms with Crippen molar-refractivity contribution in [3.63, 3.8) is 0 Å². The molecule has 1 aliphatic rings. The Morgan fingerprint density at radius 3 is 2.65 bits per heavy atom. The molecule has 31 heavy (non-hydrogen) atoms. The normalized spacial score (nSPS) is 12.8. The number of aromatic nitrogens is 3. The lowest BCUT2D eigenvalue weighted by atomic mass is 10.00. The molecule has 0 atom stereocenters. The van der Waals surface area contributed by atoms with Crippen molar-refractivity contribution in [1.82, 2.24) is 14.8 Å². The summed E-state index contributed by atoms with van der Waals surface area (Å²) in [6, 6.07) is 3.75. The second-order valence-electron chi connectivity index (χ2n) is 7.38. The molecule has 0 bridgehead atoms. The molecule has 8 nitrogen and oxygen atoms in total. The fraction of sp³-hybridized carbons (Fsp3) is 0.409. The molecule has 0 aliphatic carbocycles. The average Bonchev–Trinajstić information content (AvgIpc) is 3.08. The van der Waals surface area contributed by atoms with Crippen molar-refractivity contribution in [2.45, 2.75) is 31.6 Å². The second-order valence-corrected chi connectivity index (χ2v) is 8.22. The Labute approximate surface area is 185 Å². The fourth-order valence-electron chi connectivity index (χ4n) is 3.90. The third kappa shape index (κ3) is 4.01. The van der Waals surface area contributed by atoms with E-state index in [0.717, 1.165) is 38.4 Å². The van der Waals surface area contributed by atoms with Crippen LogP contribution in [0, 0.1) is 13.8 Å². The molecule has 2 aromatic heterocycles. The first kappa shape index (κ1) is 21.3. The molecule has 1 aliphatic heterocycles. The van der Waals surface area contributed by atoms with Gasteiger partial charge < -0.3 is 19.5 Å². The molecule has 3 heterocycles. The largest absolute Gasteiger partial charge is 0.486 e. The predicted molar refractivity (Wildman–Crippen MR) is 121 cm³/mol. The van der Waals surface area contributed by atoms with E-state index < -0.39 is 0 Å². The van der Waals surface area contributed by atoms with E-state index in [4.69, 9.17) is 19.2 Å². The SMILES string of the molecule is COc1nn(C)c2nc(C)c(CCC(=O)Nc3cc4c(cc3SC)OCCO4)c(C)c12. The van der Waals surface area contributed by atoms with E-state index in [2.05, 4.69) is 10.4 Å². The first-order valence-corrected chi connectivity index (χ1v) is 11.3. The zero-order chi connectivity index (χ0) is 22.1. The number of benzene rings is 1. The number of anilines is 1. The number of fused-ring (bicyclic) bond motifs is 2. The summed E-state index contributed by atoms with van der Waals surface area (Å²) < 4.78 is 18.4. The summed E-state index contributed by atoms with van der Waals surface area (Å²) in [7, 11) is 3.45. The van der Waals surface area contributed by atoms with Gasteiger partial charge in [0.15, 0.2) is 17.1 Å². The molecule has 0 radical (unpaired) electrons. The van der Waals surface area contributed by atoms with Crippen molar-refractivity contribution in [2.24, 2.45) is 7.05 Å². The zero-order valence-corrected chi connectivity index (χ0v) is 19.2. The van der Waals surface area contributed by atoms with E-state index in [0.29, 0.717) is 43.4 Å². The van der Waals surface area contributed by atoms with Gasteiger partial charge in [-0.15, -0.1) is 16.9 Å². The molecule has 1 amide bonds. The van der Waals surface area contributed by atoms with Crippen LogP contribution in [0.15, 0.2) is 17.0 Å². The highest BCUT2D eigenvalue weighted by Gasteiger charge is 2.20. The number of hydrogen-bond acceptors (Lipinski definition) is 7. The van der Waals surface area contributed by atoms with Crippen LogP contribution in [0.4, 0.5) is 5.69 Å². The molecule has 4 rings (SSSR count). The van der Waals surface area contributed by atoms with E-state index in [1.807, 2.05) is 39.3 Å². The van der Waals surface area contributed by atoms with Crippen LogP contribution < -0.4 is 19.5 Å². The molecule has 0 spiro atoms. The van der Waals surface area contributed by atoms with Gasteiger partial charge in [0.05, 0.1) is 18.2 Å². The molecule has 0 fully saturated rings. The summed E-state index contributed by atoms with van der Waals surface area (Å²) in [6.45, 7) is 5.03. The molecule has 9 heteroatoms. The number of amides is 1. The van der Waals surface area contributed by atoms with E-state index in [1.54, 1.807) is 23.6 Å². The van der Waals surface area contributed by atoms with Gasteiger partial charge in [0.2, 0.25) is 11.8 Å². The minimum Gasteiger partial charge on any atom is -0.486 e. The number of ether oxygens (including phenoxy) is 3. The van der Waals surface area contributed by atoms with Gasteiger partial charge in [0.1, 0.15) is 13.2 Å². The van der Waals surface area contributed by atoms with Crippen molar-refractivity contribution >= 4 is 34.4 Å². The van der Waals surface area contributed by atoms with Crippen molar-refractivity contribution < 1.29 is 19.0 Å². The number of thioether (sulfide) groups is 1. The standard InChI is InChI=1S/C22H26N4O4S/c1-12-14(13(2)23-21-20(12)22(28-4)25-26(21)3)6-7-19(27)24-15-10-16-17(11-18(15)31-5)30-9-8-29-16/h10-11H,6-9H2,1-5H3,(H,24,27). The predicted octanol–water partition coefficient (Wildman–Crippen LogP) is 3.66. The Morgan fingerprint density at radius 1 is 1.26 bits per heavy atom. The topological polar surface area (TPSA) is 87.5 Å². The van der Waals surface area contributed by atoms with Crippen LogP contribution in [0.25, 0.3) is 11.0 Å². The van der Waals surface area contributed by atoms with Crippen LogP contribution >= 0.6 is 11.8 Å². The number of carbonyl (C=O) groups is 1. The maximum atomic E-state index is 12.8. The van der Waals surface area contributed by atoms with Gasteiger partial charge >= 0.3 is 0 Å². The maximum absolute atomic E-state index is 12.8. The Kier molecular flexibility index (Phi) is 5.95. The first-order valence-electron chi connectivity index (χ1n) is 10.1. The highest BCUT2D eigenvalue weighted by molar-refractivity contribution is 7.98. The van der Waals surface area contributed by atoms with Gasteiger partial charge in [-0.1, -0.05) is 0 Å². The second kappa shape index (κ2) is 8.66. The van der Waals surface area contributed by atoms with Crippen molar-refractivity contribution in [3.05, 3.63) is 29.0 Å². The number of pyridine rings is 1. The summed E-state index contributed by atoms with van der Waals surface area (Å²) >= 11 is 1.55. The molecular formula is C22H26N4O4S. The van der Waals surface area contributed by atoms with Crippen LogP contribution in [-0.2, 0) is 18.3 Å². The lowest BCUT2D eigenvalue weighted by Gasteiger charge is -2.21. The lowest BCUT2D eigenvalue weighted by Crippen LogP contribution is -2.17. The van der Waals surface area contributed by atoms with Crippen LogP contribution in [0.2, 0.25) is 0 Å². The number of carbonyl (C=O) groups excluding carboxylic acids is 1. The molecule has 164 valence electrons. The van der Waals surface area contributed by atoms with Crippen LogP contribution in [0.1, 0.15) is 23.2 Å². The molecule has 0 unspecified atom stereocenters. The Balaban J connectivity index is 1.54. The zero-order valence-electron chi connectivity index (χ0n) is 18.4. The molecular weight excluding hydrogens is 416 g/mol. The number of rotatable bonds is 6. The summed E-state index contributed by atoms with van der Waals surface area (Å²) in [6.07, 6.45) is 2.87. The third-order valence-electron chi connectivity index (χ3n) is 5.46. The fourth-order valence-corrected chi connectivity index (χ4v) is 4.45. The van der Waals surface area contributed by atoms with Gasteiger partial charge in [-0.3, -0.25) is 4.79 Å². The number of hydrogen-bond donors (Lipinski definition) is 1. The number of nitrogens with zero attached hydrogens (tertiary/aromatic N) is 3. The van der Waals surface area contributed by atoms with Crippen LogP contribution in [-0.4, -0.2) is 47.3 Å². The van der Waals surface area contributed by atoms with E-state index >= 15 is 0 Å². The number of aryl methyl sites for hydroxylation is 3. The maximum Gasteiger partial charge on any atom is 0.242 e. The lowest BCUT2D eigenvalue weighted by molar-refractivity contribution is -0.116. The smallest absolute Gasteiger partial charge is 0.242 e. The summed E-state index contributed by atoms with van der Waals surface area (Å²) in [4.78, 5) is 18.4. The molecule has 1 N–H and O–H groups in total. The molecule has 0 saturated carbocycles. The highest BCUT2D eigenvalue weighted by atomic mass is 32.2. The van der Waals surface area contributed by atoms with Gasteiger partial charge in [-0.25, -0.2) is 9.67 Å².